The van der Waals surface area contributed by atoms with E-state index in [1.807, 2.05) is 0 Å². The maximum atomic E-state index is 12.8. The Labute approximate surface area is 179 Å². The van der Waals surface area contributed by atoms with Gasteiger partial charge in [-0.05, 0) is 35.2 Å². The number of amides is 2. The number of carbonyl (C=O) groups excluding carboxylic acids is 2. The third-order valence-electron chi connectivity index (χ3n) is 4.34. The number of carbonyl (C=O) groups is 2. The first-order valence-corrected chi connectivity index (χ1v) is 11.3. The molecule has 0 radical (unpaired) electrons. The zero-order chi connectivity index (χ0) is 21.7. The van der Waals surface area contributed by atoms with Crippen molar-refractivity contribution < 1.29 is 18.0 Å². The van der Waals surface area contributed by atoms with Crippen molar-refractivity contribution in [2.75, 3.05) is 19.4 Å². The lowest BCUT2D eigenvalue weighted by molar-refractivity contribution is 0.0951. The number of nitrogens with zero attached hydrogens (tertiary/aromatic N) is 1. The van der Waals surface area contributed by atoms with E-state index in [4.69, 9.17) is 0 Å². The van der Waals surface area contributed by atoms with Crippen LogP contribution < -0.4 is 10.6 Å². The monoisotopic (exact) mass is 443 g/mol. The smallest absolute Gasteiger partial charge is 0.265 e. The molecule has 3 rings (SSSR count). The van der Waals surface area contributed by atoms with Gasteiger partial charge in [-0.15, -0.1) is 11.3 Å². The summed E-state index contributed by atoms with van der Waals surface area (Å²) < 4.78 is 26.2. The van der Waals surface area contributed by atoms with Crippen LogP contribution in [0.4, 0.5) is 5.69 Å². The van der Waals surface area contributed by atoms with Crippen LogP contribution in [-0.2, 0) is 16.6 Å². The third kappa shape index (κ3) is 4.76. The quantitative estimate of drug-likeness (QED) is 0.586. The Hall–Kier alpha value is -3.01. The fraction of sp³-hybridized carbons (Fsp3) is 0.143. The summed E-state index contributed by atoms with van der Waals surface area (Å²) in [6, 6.07) is 16.6. The first-order chi connectivity index (χ1) is 14.3. The van der Waals surface area contributed by atoms with Gasteiger partial charge in [-0.2, -0.15) is 0 Å². The number of hydrogen-bond donors (Lipinski definition) is 2. The molecule has 9 heteroatoms. The minimum Gasteiger partial charge on any atom is -0.348 e. The summed E-state index contributed by atoms with van der Waals surface area (Å²) >= 11 is 1.30. The van der Waals surface area contributed by atoms with Gasteiger partial charge in [0.1, 0.15) is 0 Å². The van der Waals surface area contributed by atoms with E-state index in [2.05, 4.69) is 10.6 Å². The van der Waals surface area contributed by atoms with E-state index >= 15 is 0 Å². The molecular weight excluding hydrogens is 422 g/mol. The first kappa shape index (κ1) is 21.7. The lowest BCUT2D eigenvalue weighted by atomic mass is 10.1. The molecular formula is C21H21N3O4S2. The second kappa shape index (κ2) is 9.21. The minimum atomic E-state index is -3.64. The highest BCUT2D eigenvalue weighted by atomic mass is 32.2. The number of thiophene rings is 1. The Balaban J connectivity index is 1.78. The molecule has 0 saturated heterocycles. The van der Waals surface area contributed by atoms with E-state index in [-0.39, 0.29) is 22.9 Å². The van der Waals surface area contributed by atoms with Crippen molar-refractivity contribution in [2.45, 2.75) is 11.4 Å². The van der Waals surface area contributed by atoms with Crippen LogP contribution in [0.3, 0.4) is 0 Å². The molecule has 2 amide bonds. The number of nitrogens with one attached hydrogen (secondary N) is 2. The van der Waals surface area contributed by atoms with Crippen molar-refractivity contribution in [3.8, 4) is 0 Å². The summed E-state index contributed by atoms with van der Waals surface area (Å²) in [7, 11) is -0.732. The standard InChI is InChI=1S/C21H21N3O4S2/c1-24(2)30(27,28)19-12-6-3-8-15(19)14-22-20(25)16-9-4-5-10-17(16)23-21(26)18-11-7-13-29-18/h3-13H,14H2,1-2H3,(H,22,25)(H,23,26). The number of para-hydroxylation sites is 1. The molecule has 7 nitrogen and oxygen atoms in total. The van der Waals surface area contributed by atoms with Gasteiger partial charge < -0.3 is 10.6 Å². The summed E-state index contributed by atoms with van der Waals surface area (Å²) in [5.74, 6) is -0.721. The highest BCUT2D eigenvalue weighted by molar-refractivity contribution is 7.89. The fourth-order valence-corrected chi connectivity index (χ4v) is 4.49. The molecule has 0 fully saturated rings. The van der Waals surface area contributed by atoms with Gasteiger partial charge in [0.2, 0.25) is 10.0 Å². The highest BCUT2D eigenvalue weighted by Gasteiger charge is 2.21. The molecule has 1 aromatic heterocycles. The summed E-state index contributed by atoms with van der Waals surface area (Å²) in [5, 5.41) is 7.29. The molecule has 0 spiro atoms. The Morgan fingerprint density at radius 3 is 2.33 bits per heavy atom. The molecule has 0 saturated carbocycles. The molecule has 30 heavy (non-hydrogen) atoms. The Bertz CT molecular complexity index is 1160. The van der Waals surface area contributed by atoms with Gasteiger partial charge in [0.05, 0.1) is 21.0 Å². The average Bonchev–Trinajstić information content (AvgIpc) is 3.27. The number of benzene rings is 2. The van der Waals surface area contributed by atoms with E-state index in [0.29, 0.717) is 16.1 Å². The van der Waals surface area contributed by atoms with Gasteiger partial charge in [-0.3, -0.25) is 9.59 Å². The number of anilines is 1. The van der Waals surface area contributed by atoms with E-state index in [9.17, 15) is 18.0 Å². The maximum absolute atomic E-state index is 12.8. The minimum absolute atomic E-state index is 0.0231. The van der Waals surface area contributed by atoms with Crippen LogP contribution in [0, 0.1) is 0 Å². The molecule has 0 atom stereocenters. The second-order valence-electron chi connectivity index (χ2n) is 6.55. The summed E-state index contributed by atoms with van der Waals surface area (Å²) in [6.45, 7) is 0.0231. The van der Waals surface area contributed by atoms with Crippen molar-refractivity contribution >= 4 is 38.9 Å². The molecule has 0 bridgehead atoms. The van der Waals surface area contributed by atoms with Crippen LogP contribution in [-0.4, -0.2) is 38.6 Å². The second-order valence-corrected chi connectivity index (χ2v) is 9.62. The topological polar surface area (TPSA) is 95.6 Å². The van der Waals surface area contributed by atoms with E-state index in [1.165, 1.54) is 31.5 Å². The first-order valence-electron chi connectivity index (χ1n) is 9.03. The van der Waals surface area contributed by atoms with Gasteiger partial charge in [0, 0.05) is 20.6 Å². The van der Waals surface area contributed by atoms with Crippen LogP contribution >= 0.6 is 11.3 Å². The van der Waals surface area contributed by atoms with Crippen molar-refractivity contribution in [3.63, 3.8) is 0 Å². The molecule has 0 aliphatic carbocycles. The van der Waals surface area contributed by atoms with Crippen molar-refractivity contribution in [1.82, 2.24) is 9.62 Å². The Kier molecular flexibility index (Phi) is 6.66. The van der Waals surface area contributed by atoms with Crippen molar-refractivity contribution in [3.05, 3.63) is 82.0 Å². The molecule has 0 aliphatic rings. The number of sulfonamides is 1. The molecule has 0 aliphatic heterocycles. The fourth-order valence-electron chi connectivity index (χ4n) is 2.75. The van der Waals surface area contributed by atoms with E-state index in [1.54, 1.807) is 60.0 Å². The van der Waals surface area contributed by atoms with Gasteiger partial charge >= 0.3 is 0 Å². The third-order valence-corrected chi connectivity index (χ3v) is 7.12. The largest absolute Gasteiger partial charge is 0.348 e. The summed E-state index contributed by atoms with van der Waals surface area (Å²) in [4.78, 5) is 25.8. The number of rotatable bonds is 7. The van der Waals surface area contributed by atoms with E-state index < -0.39 is 15.9 Å². The lowest BCUT2D eigenvalue weighted by Gasteiger charge is -2.16. The van der Waals surface area contributed by atoms with Gasteiger partial charge in [0.15, 0.2) is 0 Å². The van der Waals surface area contributed by atoms with Crippen molar-refractivity contribution in [2.24, 2.45) is 0 Å². The maximum Gasteiger partial charge on any atom is 0.265 e. The lowest BCUT2D eigenvalue weighted by Crippen LogP contribution is -2.27. The van der Waals surface area contributed by atoms with Crippen LogP contribution in [0.5, 0.6) is 0 Å². The average molecular weight is 444 g/mol. The molecule has 1 heterocycles. The highest BCUT2D eigenvalue weighted by Crippen LogP contribution is 2.20. The Morgan fingerprint density at radius 1 is 0.933 bits per heavy atom. The van der Waals surface area contributed by atoms with Gasteiger partial charge in [-0.1, -0.05) is 36.4 Å². The predicted molar refractivity (Wildman–Crippen MR) is 117 cm³/mol. The van der Waals surface area contributed by atoms with Crippen molar-refractivity contribution in [1.29, 1.82) is 0 Å². The van der Waals surface area contributed by atoms with Crippen LogP contribution in [0.1, 0.15) is 25.6 Å². The molecule has 2 aromatic carbocycles. The SMILES string of the molecule is CN(C)S(=O)(=O)c1ccccc1CNC(=O)c1ccccc1NC(=O)c1cccs1. The molecule has 3 aromatic rings. The van der Waals surface area contributed by atoms with E-state index in [0.717, 1.165) is 4.31 Å². The zero-order valence-corrected chi connectivity index (χ0v) is 18.1. The number of hydrogen-bond acceptors (Lipinski definition) is 5. The summed E-state index contributed by atoms with van der Waals surface area (Å²) in [6.07, 6.45) is 0. The van der Waals surface area contributed by atoms with Crippen LogP contribution in [0.15, 0.2) is 70.9 Å². The van der Waals surface area contributed by atoms with Gasteiger partial charge in [-0.25, -0.2) is 12.7 Å². The molecule has 2 N–H and O–H groups in total. The molecule has 0 unspecified atom stereocenters. The predicted octanol–water partition coefficient (Wildman–Crippen LogP) is 3.18. The Morgan fingerprint density at radius 2 is 1.63 bits per heavy atom. The van der Waals surface area contributed by atoms with Crippen LogP contribution in [0.2, 0.25) is 0 Å². The van der Waals surface area contributed by atoms with Gasteiger partial charge in [0.25, 0.3) is 11.8 Å². The normalized spacial score (nSPS) is 11.3. The van der Waals surface area contributed by atoms with Crippen LogP contribution in [0.25, 0.3) is 0 Å². The zero-order valence-electron chi connectivity index (χ0n) is 16.5. The summed E-state index contributed by atoms with van der Waals surface area (Å²) in [5.41, 5.74) is 1.14. The molecule has 156 valence electrons.